The molecule has 1 saturated heterocycles. The lowest BCUT2D eigenvalue weighted by atomic mass is 9.95. The molecule has 3 heterocycles. The molecule has 2 fully saturated rings. The molecule has 0 atom stereocenters. The van der Waals surface area contributed by atoms with Crippen LogP contribution in [0.3, 0.4) is 0 Å². The van der Waals surface area contributed by atoms with Crippen LogP contribution >= 0.6 is 0 Å². The average molecular weight is 471 g/mol. The molecule has 188 valence electrons. The highest BCUT2D eigenvalue weighted by Crippen LogP contribution is 2.17. The van der Waals surface area contributed by atoms with Gasteiger partial charge in [-0.2, -0.15) is 4.98 Å². The third-order valence-electron chi connectivity index (χ3n) is 6.67. The Kier molecular flexibility index (Phi) is 10.3. The van der Waals surface area contributed by atoms with Crippen LogP contribution < -0.4 is 26.6 Å². The maximum Gasteiger partial charge on any atom is 0.224 e. The summed E-state index contributed by atoms with van der Waals surface area (Å²) >= 11 is 0. The van der Waals surface area contributed by atoms with Crippen molar-refractivity contribution in [3.05, 3.63) is 24.2 Å². The molecule has 34 heavy (non-hydrogen) atoms. The van der Waals surface area contributed by atoms with Crippen molar-refractivity contribution in [3.8, 4) is 0 Å². The van der Waals surface area contributed by atoms with Crippen LogP contribution in [0, 0.1) is 0 Å². The third-order valence-corrected chi connectivity index (χ3v) is 6.67. The molecule has 10 heteroatoms. The van der Waals surface area contributed by atoms with Gasteiger partial charge < -0.3 is 26.6 Å². The molecule has 2 aliphatic rings. The fourth-order valence-corrected chi connectivity index (χ4v) is 4.70. The molecule has 0 aromatic carbocycles. The number of hydrogen-bond donors (Lipinski definition) is 5. The van der Waals surface area contributed by atoms with Gasteiger partial charge in [-0.15, -0.1) is 5.10 Å². The molecular weight excluding hydrogens is 428 g/mol. The van der Waals surface area contributed by atoms with Gasteiger partial charge in [-0.25, -0.2) is 4.98 Å². The second kappa shape index (κ2) is 14.2. The molecule has 0 amide bonds. The van der Waals surface area contributed by atoms with Gasteiger partial charge in [-0.05, 0) is 77.3 Å². The standard InChI is InChI=1S/C24H42N10/c1-2-6-20(7-3-1)27-13-4-11-25-12-5-17-34-19-22(32-33-34)18-29-23-10-16-28-24(31-23)30-21-8-14-26-15-9-21/h10,16,19-21,25-27H,1-9,11-15,17-18H2,(H2,28,29,30,31). The normalized spacial score (nSPS) is 17.6. The second-order valence-electron chi connectivity index (χ2n) is 9.51. The Morgan fingerprint density at radius 3 is 2.71 bits per heavy atom. The summed E-state index contributed by atoms with van der Waals surface area (Å²) in [6.07, 6.45) is 15.2. The summed E-state index contributed by atoms with van der Waals surface area (Å²) in [5.41, 5.74) is 0.910. The molecule has 4 rings (SSSR count). The Morgan fingerprint density at radius 2 is 1.82 bits per heavy atom. The second-order valence-corrected chi connectivity index (χ2v) is 9.51. The Labute approximate surface area is 203 Å². The largest absolute Gasteiger partial charge is 0.364 e. The van der Waals surface area contributed by atoms with Gasteiger partial charge in [0.15, 0.2) is 0 Å². The molecule has 10 nitrogen and oxygen atoms in total. The van der Waals surface area contributed by atoms with Crippen molar-refractivity contribution in [2.24, 2.45) is 0 Å². The summed E-state index contributed by atoms with van der Waals surface area (Å²) < 4.78 is 1.92. The molecule has 2 aromatic rings. The van der Waals surface area contributed by atoms with Crippen LogP contribution in [0.4, 0.5) is 11.8 Å². The molecule has 0 spiro atoms. The summed E-state index contributed by atoms with van der Waals surface area (Å²) in [5.74, 6) is 1.47. The van der Waals surface area contributed by atoms with Crippen LogP contribution in [0.15, 0.2) is 18.5 Å². The number of aromatic nitrogens is 5. The lowest BCUT2D eigenvalue weighted by Crippen LogP contribution is -2.35. The van der Waals surface area contributed by atoms with E-state index in [1.54, 1.807) is 6.20 Å². The van der Waals surface area contributed by atoms with Gasteiger partial charge in [0.05, 0.1) is 12.7 Å². The van der Waals surface area contributed by atoms with E-state index in [0.717, 1.165) is 76.1 Å². The van der Waals surface area contributed by atoms with Gasteiger partial charge in [0.1, 0.15) is 11.5 Å². The number of hydrogen-bond acceptors (Lipinski definition) is 9. The Balaban J connectivity index is 1.06. The molecule has 1 aliphatic heterocycles. The van der Waals surface area contributed by atoms with Gasteiger partial charge in [0, 0.05) is 24.8 Å². The van der Waals surface area contributed by atoms with Crippen LogP contribution in [0.5, 0.6) is 0 Å². The topological polar surface area (TPSA) is 117 Å². The molecule has 0 unspecified atom stereocenters. The van der Waals surface area contributed by atoms with E-state index >= 15 is 0 Å². The first-order valence-corrected chi connectivity index (χ1v) is 13.2. The van der Waals surface area contributed by atoms with Gasteiger partial charge in [0.2, 0.25) is 5.95 Å². The highest BCUT2D eigenvalue weighted by Gasteiger charge is 2.14. The van der Waals surface area contributed by atoms with E-state index in [0.29, 0.717) is 18.5 Å². The van der Waals surface area contributed by atoms with Gasteiger partial charge >= 0.3 is 0 Å². The SMILES string of the molecule is c1cc(NCc2cn(CCCNCCCNC3CCCCC3)nn2)nc(NC2CCNCC2)n1. The van der Waals surface area contributed by atoms with E-state index in [1.807, 2.05) is 16.9 Å². The van der Waals surface area contributed by atoms with Crippen LogP contribution in [-0.4, -0.2) is 69.8 Å². The van der Waals surface area contributed by atoms with Crippen LogP contribution in [0.1, 0.15) is 63.5 Å². The minimum absolute atomic E-state index is 0.434. The van der Waals surface area contributed by atoms with Crippen molar-refractivity contribution >= 4 is 11.8 Å². The molecule has 0 radical (unpaired) electrons. The van der Waals surface area contributed by atoms with Crippen LogP contribution in [0.2, 0.25) is 0 Å². The Bertz CT molecular complexity index is 814. The fourth-order valence-electron chi connectivity index (χ4n) is 4.70. The van der Waals surface area contributed by atoms with Gasteiger partial charge in [-0.3, -0.25) is 4.68 Å². The fraction of sp³-hybridized carbons (Fsp3) is 0.750. The lowest BCUT2D eigenvalue weighted by molar-refractivity contribution is 0.371. The molecule has 2 aromatic heterocycles. The first-order valence-electron chi connectivity index (χ1n) is 13.2. The van der Waals surface area contributed by atoms with Crippen molar-refractivity contribution in [1.82, 2.24) is 40.9 Å². The molecule has 5 N–H and O–H groups in total. The minimum atomic E-state index is 0.434. The van der Waals surface area contributed by atoms with Crippen molar-refractivity contribution in [2.75, 3.05) is 43.4 Å². The smallest absolute Gasteiger partial charge is 0.224 e. The van der Waals surface area contributed by atoms with Crippen LogP contribution in [-0.2, 0) is 13.1 Å². The quantitative estimate of drug-likeness (QED) is 0.265. The molecule has 1 saturated carbocycles. The number of aryl methyl sites for hydroxylation is 1. The first kappa shape index (κ1) is 24.8. The lowest BCUT2D eigenvalue weighted by Gasteiger charge is -2.23. The summed E-state index contributed by atoms with van der Waals surface area (Å²) in [4.78, 5) is 8.94. The van der Waals surface area contributed by atoms with Crippen molar-refractivity contribution in [1.29, 1.82) is 0 Å². The number of anilines is 2. The van der Waals surface area contributed by atoms with Crippen molar-refractivity contribution < 1.29 is 0 Å². The number of rotatable bonds is 14. The maximum absolute atomic E-state index is 4.58. The van der Waals surface area contributed by atoms with E-state index in [2.05, 4.69) is 46.9 Å². The molecule has 0 bridgehead atoms. The zero-order chi connectivity index (χ0) is 23.3. The number of piperidine rings is 1. The van der Waals surface area contributed by atoms with Crippen LogP contribution in [0.25, 0.3) is 0 Å². The number of nitrogens with zero attached hydrogens (tertiary/aromatic N) is 5. The highest BCUT2D eigenvalue weighted by atomic mass is 15.4. The highest BCUT2D eigenvalue weighted by molar-refractivity contribution is 5.40. The zero-order valence-corrected chi connectivity index (χ0v) is 20.4. The predicted molar refractivity (Wildman–Crippen MR) is 136 cm³/mol. The minimum Gasteiger partial charge on any atom is -0.364 e. The zero-order valence-electron chi connectivity index (χ0n) is 20.4. The number of nitrogens with one attached hydrogen (secondary N) is 5. The van der Waals surface area contributed by atoms with Gasteiger partial charge in [-0.1, -0.05) is 24.5 Å². The van der Waals surface area contributed by atoms with Crippen molar-refractivity contribution in [3.63, 3.8) is 0 Å². The van der Waals surface area contributed by atoms with E-state index in [9.17, 15) is 0 Å². The van der Waals surface area contributed by atoms with E-state index < -0.39 is 0 Å². The van der Waals surface area contributed by atoms with E-state index in [1.165, 1.54) is 38.5 Å². The maximum atomic E-state index is 4.58. The summed E-state index contributed by atoms with van der Waals surface area (Å²) in [6.45, 7) is 6.75. The third kappa shape index (κ3) is 8.81. The van der Waals surface area contributed by atoms with E-state index in [-0.39, 0.29) is 0 Å². The van der Waals surface area contributed by atoms with Crippen molar-refractivity contribution in [2.45, 2.75) is 83.0 Å². The molecule has 1 aliphatic carbocycles. The Morgan fingerprint density at radius 1 is 0.971 bits per heavy atom. The van der Waals surface area contributed by atoms with Gasteiger partial charge in [0.25, 0.3) is 0 Å². The summed E-state index contributed by atoms with van der Waals surface area (Å²) in [6, 6.07) is 3.08. The average Bonchev–Trinajstić information content (AvgIpc) is 3.34. The van der Waals surface area contributed by atoms with E-state index in [4.69, 9.17) is 0 Å². The molecular formula is C24H42N10. The summed E-state index contributed by atoms with van der Waals surface area (Å²) in [7, 11) is 0. The predicted octanol–water partition coefficient (Wildman–Crippen LogP) is 2.14. The monoisotopic (exact) mass is 470 g/mol. The first-order chi connectivity index (χ1) is 16.8. The Hall–Kier alpha value is -2.30. The summed E-state index contributed by atoms with van der Waals surface area (Å²) in [5, 5.41) is 25.9.